The predicted molar refractivity (Wildman–Crippen MR) is 120 cm³/mol. The summed E-state index contributed by atoms with van der Waals surface area (Å²) in [7, 11) is 5.81. The van der Waals surface area contributed by atoms with Crippen molar-refractivity contribution in [1.82, 2.24) is 15.6 Å². The molecule has 0 amide bonds. The Hall–Kier alpha value is -1.83. The highest BCUT2D eigenvalue weighted by atomic mass is 127. The third-order valence-corrected chi connectivity index (χ3v) is 4.79. The van der Waals surface area contributed by atoms with Gasteiger partial charge in [-0.1, -0.05) is 30.3 Å². The topological polar surface area (TPSA) is 52.6 Å². The van der Waals surface area contributed by atoms with Crippen molar-refractivity contribution in [2.45, 2.75) is 24.8 Å². The maximum Gasteiger partial charge on any atom is 0.191 e. The molecule has 0 spiro atoms. The van der Waals surface area contributed by atoms with Crippen LogP contribution in [-0.4, -0.2) is 38.6 Å². The molecule has 0 atom stereocenters. The number of aromatic nitrogens is 1. The standard InChI is InChI=1S/C20H27N5.HI/c1-21-19(23-14-16-9-12-22-18(13-16)25(2)3)24-15-20(10-11-20)17-7-5-4-6-8-17;/h4-9,12-13H,10-11,14-15H2,1-3H3,(H2,21,23,24);1H. The molecule has 1 aromatic heterocycles. The van der Waals surface area contributed by atoms with E-state index < -0.39 is 0 Å². The van der Waals surface area contributed by atoms with E-state index in [1.165, 1.54) is 24.0 Å². The minimum atomic E-state index is 0. The quantitative estimate of drug-likeness (QED) is 0.391. The van der Waals surface area contributed by atoms with Crippen molar-refractivity contribution < 1.29 is 0 Å². The molecule has 1 heterocycles. The largest absolute Gasteiger partial charge is 0.363 e. The number of pyridine rings is 1. The summed E-state index contributed by atoms with van der Waals surface area (Å²) >= 11 is 0. The van der Waals surface area contributed by atoms with Crippen LogP contribution in [0.5, 0.6) is 0 Å². The zero-order chi connectivity index (χ0) is 17.7. The highest BCUT2D eigenvalue weighted by Crippen LogP contribution is 2.47. The minimum Gasteiger partial charge on any atom is -0.363 e. The van der Waals surface area contributed by atoms with E-state index in [-0.39, 0.29) is 29.4 Å². The first-order valence-electron chi connectivity index (χ1n) is 8.75. The van der Waals surface area contributed by atoms with E-state index in [0.717, 1.165) is 24.9 Å². The summed E-state index contributed by atoms with van der Waals surface area (Å²) in [5, 5.41) is 6.89. The van der Waals surface area contributed by atoms with Crippen molar-refractivity contribution in [1.29, 1.82) is 0 Å². The first-order chi connectivity index (χ1) is 12.1. The molecule has 1 fully saturated rings. The second-order valence-electron chi connectivity index (χ2n) is 6.84. The summed E-state index contributed by atoms with van der Waals surface area (Å²) in [5.41, 5.74) is 2.88. The molecule has 1 aromatic carbocycles. The second kappa shape index (κ2) is 9.21. The van der Waals surface area contributed by atoms with Crippen LogP contribution in [0.4, 0.5) is 5.82 Å². The van der Waals surface area contributed by atoms with Crippen molar-refractivity contribution in [3.8, 4) is 0 Å². The van der Waals surface area contributed by atoms with Crippen molar-refractivity contribution in [2.75, 3.05) is 32.6 Å². The summed E-state index contributed by atoms with van der Waals surface area (Å²) in [6.45, 7) is 1.64. The Morgan fingerprint density at radius 1 is 1.15 bits per heavy atom. The lowest BCUT2D eigenvalue weighted by Gasteiger charge is -2.19. The van der Waals surface area contributed by atoms with Crippen LogP contribution in [0.2, 0.25) is 0 Å². The molecule has 0 unspecified atom stereocenters. The van der Waals surface area contributed by atoms with E-state index in [2.05, 4.69) is 57.0 Å². The molecule has 1 aliphatic carbocycles. The minimum absolute atomic E-state index is 0. The summed E-state index contributed by atoms with van der Waals surface area (Å²) < 4.78 is 0. The normalized spacial score (nSPS) is 15.0. The van der Waals surface area contributed by atoms with Crippen LogP contribution in [-0.2, 0) is 12.0 Å². The van der Waals surface area contributed by atoms with Gasteiger partial charge in [0.15, 0.2) is 5.96 Å². The number of rotatable bonds is 6. The van der Waals surface area contributed by atoms with Crippen molar-refractivity contribution in [3.63, 3.8) is 0 Å². The number of guanidine groups is 1. The van der Waals surface area contributed by atoms with E-state index in [1.54, 1.807) is 0 Å². The number of anilines is 1. The van der Waals surface area contributed by atoms with E-state index in [9.17, 15) is 0 Å². The molecule has 0 bridgehead atoms. The Balaban J connectivity index is 0.00000243. The Kier molecular flexibility index (Phi) is 7.25. The lowest BCUT2D eigenvalue weighted by atomic mass is 9.96. The van der Waals surface area contributed by atoms with Gasteiger partial charge in [-0.25, -0.2) is 4.98 Å². The Labute approximate surface area is 173 Å². The zero-order valence-corrected chi connectivity index (χ0v) is 18.0. The van der Waals surface area contributed by atoms with Crippen LogP contribution in [0.15, 0.2) is 53.7 Å². The fraction of sp³-hybridized carbons (Fsp3) is 0.400. The highest BCUT2D eigenvalue weighted by Gasteiger charge is 2.43. The summed E-state index contributed by atoms with van der Waals surface area (Å²) in [6, 6.07) is 14.9. The average molecular weight is 465 g/mol. The number of aliphatic imine (C=N–C) groups is 1. The first kappa shape index (κ1) is 20.5. The van der Waals surface area contributed by atoms with Crippen molar-refractivity contribution >= 4 is 35.8 Å². The maximum atomic E-state index is 4.35. The summed E-state index contributed by atoms with van der Waals surface area (Å²) in [4.78, 5) is 10.7. The molecule has 1 aliphatic rings. The second-order valence-corrected chi connectivity index (χ2v) is 6.84. The van der Waals surface area contributed by atoms with Gasteiger partial charge in [0.2, 0.25) is 0 Å². The number of hydrogen-bond acceptors (Lipinski definition) is 3. The fourth-order valence-corrected chi connectivity index (χ4v) is 2.98. The molecule has 0 saturated heterocycles. The molecule has 3 rings (SSSR count). The molecule has 0 aliphatic heterocycles. The molecule has 1 saturated carbocycles. The number of halogens is 1. The molecule has 6 heteroatoms. The molecular weight excluding hydrogens is 437 g/mol. The molecule has 2 aromatic rings. The van der Waals surface area contributed by atoms with Gasteiger partial charge >= 0.3 is 0 Å². The molecular formula is C20H28IN5. The van der Waals surface area contributed by atoms with Gasteiger partial charge < -0.3 is 15.5 Å². The number of nitrogens with zero attached hydrogens (tertiary/aromatic N) is 3. The van der Waals surface area contributed by atoms with Crippen LogP contribution in [0, 0.1) is 0 Å². The fourth-order valence-electron chi connectivity index (χ4n) is 2.98. The van der Waals surface area contributed by atoms with E-state index in [4.69, 9.17) is 0 Å². The monoisotopic (exact) mass is 465 g/mol. The Morgan fingerprint density at radius 2 is 1.88 bits per heavy atom. The Bertz CT molecular complexity index is 726. The van der Waals surface area contributed by atoms with Crippen LogP contribution in [0.3, 0.4) is 0 Å². The summed E-state index contributed by atoms with van der Waals surface area (Å²) in [6.07, 6.45) is 4.31. The van der Waals surface area contributed by atoms with Gasteiger partial charge in [0.1, 0.15) is 5.82 Å². The third-order valence-electron chi connectivity index (χ3n) is 4.79. The SMILES string of the molecule is CN=C(NCc1ccnc(N(C)C)c1)NCC1(c2ccccc2)CC1.I. The smallest absolute Gasteiger partial charge is 0.191 e. The highest BCUT2D eigenvalue weighted by molar-refractivity contribution is 14.0. The third kappa shape index (κ3) is 5.09. The van der Waals surface area contributed by atoms with Gasteiger partial charge in [0, 0.05) is 45.8 Å². The van der Waals surface area contributed by atoms with Gasteiger partial charge in [-0.2, -0.15) is 0 Å². The Morgan fingerprint density at radius 3 is 2.50 bits per heavy atom. The molecule has 5 nitrogen and oxygen atoms in total. The molecule has 140 valence electrons. The van der Waals surface area contributed by atoms with Gasteiger partial charge in [0.05, 0.1) is 0 Å². The number of hydrogen-bond donors (Lipinski definition) is 2. The maximum absolute atomic E-state index is 4.35. The van der Waals surface area contributed by atoms with Crippen LogP contribution in [0.1, 0.15) is 24.0 Å². The molecule has 2 N–H and O–H groups in total. The van der Waals surface area contributed by atoms with Gasteiger partial charge in [-0.3, -0.25) is 4.99 Å². The number of benzene rings is 1. The lowest BCUT2D eigenvalue weighted by molar-refractivity contribution is 0.645. The van der Waals surface area contributed by atoms with Crippen molar-refractivity contribution in [2.24, 2.45) is 4.99 Å². The van der Waals surface area contributed by atoms with E-state index >= 15 is 0 Å². The summed E-state index contributed by atoms with van der Waals surface area (Å²) in [5.74, 6) is 1.80. The van der Waals surface area contributed by atoms with E-state index in [1.807, 2.05) is 38.3 Å². The average Bonchev–Trinajstić information content (AvgIpc) is 3.44. The van der Waals surface area contributed by atoms with Gasteiger partial charge in [-0.05, 0) is 36.1 Å². The van der Waals surface area contributed by atoms with Gasteiger partial charge in [0.25, 0.3) is 0 Å². The predicted octanol–water partition coefficient (Wildman–Crippen LogP) is 3.16. The lowest BCUT2D eigenvalue weighted by Crippen LogP contribution is -2.40. The van der Waals surface area contributed by atoms with Crippen molar-refractivity contribution in [3.05, 3.63) is 59.8 Å². The van der Waals surface area contributed by atoms with Crippen LogP contribution >= 0.6 is 24.0 Å². The van der Waals surface area contributed by atoms with Gasteiger partial charge in [-0.15, -0.1) is 24.0 Å². The first-order valence-corrected chi connectivity index (χ1v) is 8.75. The van der Waals surface area contributed by atoms with E-state index in [0.29, 0.717) is 0 Å². The molecule has 26 heavy (non-hydrogen) atoms. The molecule has 0 radical (unpaired) electrons. The number of nitrogens with one attached hydrogen (secondary N) is 2. The zero-order valence-electron chi connectivity index (χ0n) is 15.7. The van der Waals surface area contributed by atoms with Crippen LogP contribution in [0.25, 0.3) is 0 Å². The van der Waals surface area contributed by atoms with Crippen LogP contribution < -0.4 is 15.5 Å².